The van der Waals surface area contributed by atoms with Crippen LogP contribution in [0.3, 0.4) is 0 Å². The summed E-state index contributed by atoms with van der Waals surface area (Å²) in [6, 6.07) is 0.612. The van der Waals surface area contributed by atoms with Crippen LogP contribution in [0.25, 0.3) is 0 Å². The SMILES string of the molecule is CCCCC(Cc1csc(C)n1)NCCC. The van der Waals surface area contributed by atoms with Gasteiger partial charge >= 0.3 is 0 Å². The van der Waals surface area contributed by atoms with Crippen molar-refractivity contribution in [3.63, 3.8) is 0 Å². The molecule has 0 aliphatic heterocycles. The maximum atomic E-state index is 4.55. The van der Waals surface area contributed by atoms with Crippen LogP contribution in [-0.4, -0.2) is 17.6 Å². The van der Waals surface area contributed by atoms with Gasteiger partial charge in [-0.3, -0.25) is 0 Å². The average molecular weight is 240 g/mol. The maximum absolute atomic E-state index is 4.55. The van der Waals surface area contributed by atoms with E-state index in [0.29, 0.717) is 6.04 Å². The lowest BCUT2D eigenvalue weighted by Crippen LogP contribution is -2.31. The number of hydrogen-bond donors (Lipinski definition) is 1. The summed E-state index contributed by atoms with van der Waals surface area (Å²) in [5.41, 5.74) is 1.26. The number of rotatable bonds is 8. The van der Waals surface area contributed by atoms with E-state index in [1.807, 2.05) is 0 Å². The van der Waals surface area contributed by atoms with Crippen molar-refractivity contribution in [2.75, 3.05) is 6.54 Å². The Bertz CT molecular complexity index is 275. The van der Waals surface area contributed by atoms with E-state index >= 15 is 0 Å². The molecule has 92 valence electrons. The van der Waals surface area contributed by atoms with Crippen molar-refractivity contribution in [1.29, 1.82) is 0 Å². The summed E-state index contributed by atoms with van der Waals surface area (Å²) in [6.45, 7) is 7.67. The molecule has 0 radical (unpaired) electrons. The Kier molecular flexibility index (Phi) is 6.65. The number of unbranched alkanes of at least 4 members (excludes halogenated alkanes) is 1. The van der Waals surface area contributed by atoms with Crippen molar-refractivity contribution in [2.45, 2.75) is 58.9 Å². The molecule has 1 aromatic heterocycles. The smallest absolute Gasteiger partial charge is 0.0897 e. The quantitative estimate of drug-likeness (QED) is 0.751. The second-order valence-electron chi connectivity index (χ2n) is 4.36. The summed E-state index contributed by atoms with van der Waals surface area (Å²) in [5, 5.41) is 7.00. The first-order valence-corrected chi connectivity index (χ1v) is 7.28. The normalized spacial score (nSPS) is 12.9. The molecule has 1 unspecified atom stereocenters. The first-order valence-electron chi connectivity index (χ1n) is 6.40. The van der Waals surface area contributed by atoms with Crippen LogP contribution in [-0.2, 0) is 6.42 Å². The van der Waals surface area contributed by atoms with Crippen LogP contribution in [0, 0.1) is 6.92 Å². The first-order chi connectivity index (χ1) is 7.76. The summed E-state index contributed by atoms with van der Waals surface area (Å²) in [6.07, 6.45) is 6.15. The van der Waals surface area contributed by atoms with Gasteiger partial charge < -0.3 is 5.32 Å². The van der Waals surface area contributed by atoms with E-state index in [0.717, 1.165) is 13.0 Å². The Morgan fingerprint density at radius 3 is 2.75 bits per heavy atom. The van der Waals surface area contributed by atoms with Crippen LogP contribution in [0.4, 0.5) is 0 Å². The second kappa shape index (κ2) is 7.80. The minimum Gasteiger partial charge on any atom is -0.314 e. The first kappa shape index (κ1) is 13.7. The molecule has 1 aromatic rings. The highest BCUT2D eigenvalue weighted by Crippen LogP contribution is 2.12. The third-order valence-electron chi connectivity index (χ3n) is 2.71. The third kappa shape index (κ3) is 5.08. The van der Waals surface area contributed by atoms with E-state index < -0.39 is 0 Å². The molecule has 0 fully saturated rings. The van der Waals surface area contributed by atoms with Gasteiger partial charge in [0.15, 0.2) is 0 Å². The number of thiazole rings is 1. The summed E-state index contributed by atoms with van der Waals surface area (Å²) in [4.78, 5) is 4.55. The molecule has 16 heavy (non-hydrogen) atoms. The van der Waals surface area contributed by atoms with Crippen LogP contribution >= 0.6 is 11.3 Å². The van der Waals surface area contributed by atoms with E-state index in [9.17, 15) is 0 Å². The van der Waals surface area contributed by atoms with E-state index in [-0.39, 0.29) is 0 Å². The molecule has 0 saturated heterocycles. The number of hydrogen-bond acceptors (Lipinski definition) is 3. The minimum atomic E-state index is 0.612. The molecule has 0 aliphatic carbocycles. The van der Waals surface area contributed by atoms with Crippen molar-refractivity contribution in [2.24, 2.45) is 0 Å². The summed E-state index contributed by atoms with van der Waals surface area (Å²) >= 11 is 1.76. The lowest BCUT2D eigenvalue weighted by molar-refractivity contribution is 0.459. The molecule has 0 amide bonds. The standard InChI is InChI=1S/C13H24N2S/c1-4-6-7-12(14-8-5-2)9-13-10-16-11(3)15-13/h10,12,14H,4-9H2,1-3H3. The summed E-state index contributed by atoms with van der Waals surface area (Å²) in [7, 11) is 0. The molecule has 1 N–H and O–H groups in total. The van der Waals surface area contributed by atoms with Crippen molar-refractivity contribution in [1.82, 2.24) is 10.3 Å². The Hall–Kier alpha value is -0.410. The summed E-state index contributed by atoms with van der Waals surface area (Å²) in [5.74, 6) is 0. The van der Waals surface area contributed by atoms with E-state index in [1.165, 1.54) is 36.4 Å². The van der Waals surface area contributed by atoms with Crippen molar-refractivity contribution >= 4 is 11.3 Å². The fourth-order valence-electron chi connectivity index (χ4n) is 1.83. The Morgan fingerprint density at radius 1 is 1.38 bits per heavy atom. The lowest BCUT2D eigenvalue weighted by atomic mass is 10.1. The summed E-state index contributed by atoms with van der Waals surface area (Å²) < 4.78 is 0. The van der Waals surface area contributed by atoms with Gasteiger partial charge in [-0.25, -0.2) is 4.98 Å². The van der Waals surface area contributed by atoms with E-state index in [4.69, 9.17) is 0 Å². The molecular formula is C13H24N2S. The number of nitrogens with zero attached hydrogens (tertiary/aromatic N) is 1. The van der Waals surface area contributed by atoms with Gasteiger partial charge in [-0.1, -0.05) is 26.7 Å². The molecule has 0 aromatic carbocycles. The minimum absolute atomic E-state index is 0.612. The van der Waals surface area contributed by atoms with Gasteiger partial charge in [-0.2, -0.15) is 0 Å². The predicted molar refractivity (Wildman–Crippen MR) is 72.2 cm³/mol. The monoisotopic (exact) mass is 240 g/mol. The predicted octanol–water partition coefficient (Wildman–Crippen LogP) is 3.55. The highest BCUT2D eigenvalue weighted by atomic mass is 32.1. The van der Waals surface area contributed by atoms with Crippen molar-refractivity contribution < 1.29 is 0 Å². The number of aromatic nitrogens is 1. The van der Waals surface area contributed by atoms with Crippen LogP contribution in [0.5, 0.6) is 0 Å². The van der Waals surface area contributed by atoms with Crippen LogP contribution in [0.15, 0.2) is 5.38 Å². The Labute approximate surface area is 103 Å². The molecule has 1 heterocycles. The maximum Gasteiger partial charge on any atom is 0.0897 e. The van der Waals surface area contributed by atoms with Gasteiger partial charge in [0.1, 0.15) is 0 Å². The zero-order valence-electron chi connectivity index (χ0n) is 10.8. The highest BCUT2D eigenvalue weighted by Gasteiger charge is 2.09. The number of nitrogens with one attached hydrogen (secondary N) is 1. The van der Waals surface area contributed by atoms with Gasteiger partial charge in [-0.15, -0.1) is 11.3 Å². The molecule has 2 nitrogen and oxygen atoms in total. The van der Waals surface area contributed by atoms with Crippen LogP contribution in [0.1, 0.15) is 50.2 Å². The van der Waals surface area contributed by atoms with E-state index in [1.54, 1.807) is 11.3 Å². The molecule has 0 aliphatic rings. The number of aryl methyl sites for hydroxylation is 1. The molecule has 0 spiro atoms. The van der Waals surface area contributed by atoms with E-state index in [2.05, 4.69) is 36.5 Å². The molecular weight excluding hydrogens is 216 g/mol. The molecule has 1 atom stereocenters. The zero-order chi connectivity index (χ0) is 11.8. The Morgan fingerprint density at radius 2 is 2.19 bits per heavy atom. The third-order valence-corrected chi connectivity index (χ3v) is 3.53. The fraction of sp³-hybridized carbons (Fsp3) is 0.769. The van der Waals surface area contributed by atoms with Gasteiger partial charge in [0, 0.05) is 17.8 Å². The average Bonchev–Trinajstić information content (AvgIpc) is 2.68. The van der Waals surface area contributed by atoms with Crippen LogP contribution < -0.4 is 5.32 Å². The van der Waals surface area contributed by atoms with Gasteiger partial charge in [0.25, 0.3) is 0 Å². The molecule has 1 rings (SSSR count). The van der Waals surface area contributed by atoms with Crippen LogP contribution in [0.2, 0.25) is 0 Å². The van der Waals surface area contributed by atoms with Gasteiger partial charge in [0.05, 0.1) is 10.7 Å². The van der Waals surface area contributed by atoms with Crippen molar-refractivity contribution in [3.8, 4) is 0 Å². The fourth-order valence-corrected chi connectivity index (χ4v) is 2.46. The molecule has 3 heteroatoms. The van der Waals surface area contributed by atoms with Gasteiger partial charge in [0.2, 0.25) is 0 Å². The topological polar surface area (TPSA) is 24.9 Å². The zero-order valence-corrected chi connectivity index (χ0v) is 11.6. The molecule has 0 saturated carbocycles. The van der Waals surface area contributed by atoms with Gasteiger partial charge in [-0.05, 0) is 26.3 Å². The highest BCUT2D eigenvalue weighted by molar-refractivity contribution is 7.09. The largest absolute Gasteiger partial charge is 0.314 e. The lowest BCUT2D eigenvalue weighted by Gasteiger charge is -2.17. The Balaban J connectivity index is 2.41. The second-order valence-corrected chi connectivity index (χ2v) is 5.42. The molecule has 0 bridgehead atoms. The van der Waals surface area contributed by atoms with Crippen molar-refractivity contribution in [3.05, 3.63) is 16.1 Å².